The van der Waals surface area contributed by atoms with Crippen molar-refractivity contribution in [3.8, 4) is 0 Å². The molecule has 2 aromatic rings. The summed E-state index contributed by atoms with van der Waals surface area (Å²) in [6.07, 6.45) is 6.74. The number of unbranched alkanes of at least 4 members (excludes halogenated alkanes) is 4. The maximum atomic E-state index is 14.4. The Bertz CT molecular complexity index is 878. The lowest BCUT2D eigenvalue weighted by Gasteiger charge is -2.12. The topological polar surface area (TPSA) is 83.1 Å². The molecule has 11 heteroatoms. The fourth-order valence-corrected chi connectivity index (χ4v) is 4.96. The van der Waals surface area contributed by atoms with Gasteiger partial charge in [-0.2, -0.15) is 0 Å². The molecule has 2 rings (SSSR count). The van der Waals surface area contributed by atoms with Crippen LogP contribution in [0.2, 0.25) is 9.36 Å². The van der Waals surface area contributed by atoms with Gasteiger partial charge < -0.3 is 10.6 Å². The third-order valence-corrected chi connectivity index (χ3v) is 6.76. The van der Waals surface area contributed by atoms with Crippen LogP contribution in [0.3, 0.4) is 0 Å². The second-order valence-electron chi connectivity index (χ2n) is 6.14. The molecule has 0 spiro atoms. The van der Waals surface area contributed by atoms with E-state index < -0.39 is 20.7 Å². The number of sulfonamides is 1. The van der Waals surface area contributed by atoms with Gasteiger partial charge in [0, 0.05) is 6.54 Å². The van der Waals surface area contributed by atoms with Crippen molar-refractivity contribution < 1.29 is 12.8 Å². The number of nitrogens with one attached hydrogen (secondary N) is 3. The van der Waals surface area contributed by atoms with Gasteiger partial charge in [0.15, 0.2) is 5.13 Å². The minimum absolute atomic E-state index is 0.0532. The first-order valence-electron chi connectivity index (χ1n) is 8.85. The molecular formula is C17H23Cl2FN4O2S2. The Morgan fingerprint density at radius 3 is 2.43 bits per heavy atom. The molecule has 0 aliphatic heterocycles. The second kappa shape index (κ2) is 11.2. The molecule has 0 unspecified atom stereocenters. The maximum absolute atomic E-state index is 14.4. The number of nitrogens with zero attached hydrogens (tertiary/aromatic N) is 1. The zero-order valence-corrected chi connectivity index (χ0v) is 18.5. The van der Waals surface area contributed by atoms with E-state index in [-0.39, 0.29) is 10.2 Å². The van der Waals surface area contributed by atoms with Crippen molar-refractivity contribution in [3.63, 3.8) is 0 Å². The molecule has 156 valence electrons. The van der Waals surface area contributed by atoms with Crippen LogP contribution in [0.1, 0.15) is 32.1 Å². The number of benzene rings is 1. The lowest BCUT2D eigenvalue weighted by Crippen LogP contribution is -2.15. The molecule has 0 bridgehead atoms. The van der Waals surface area contributed by atoms with Gasteiger partial charge in [0.25, 0.3) is 10.0 Å². The number of halogens is 3. The smallest absolute Gasteiger partial charge is 0.266 e. The summed E-state index contributed by atoms with van der Waals surface area (Å²) in [5.74, 6) is -0.894. The van der Waals surface area contributed by atoms with E-state index in [0.29, 0.717) is 16.6 Å². The summed E-state index contributed by atoms with van der Waals surface area (Å²) in [6, 6.07) is 2.19. The maximum Gasteiger partial charge on any atom is 0.266 e. The number of hydrogen-bond acceptors (Lipinski definition) is 6. The van der Waals surface area contributed by atoms with E-state index in [9.17, 15) is 12.8 Å². The summed E-state index contributed by atoms with van der Waals surface area (Å²) in [5.41, 5.74) is 0.366. The zero-order chi connectivity index (χ0) is 20.6. The fourth-order valence-electron chi connectivity index (χ4n) is 2.52. The normalized spacial score (nSPS) is 11.6. The highest BCUT2D eigenvalue weighted by Gasteiger charge is 2.22. The SMILES string of the molecule is CNCCCCCCCNc1cc(F)c(S(=O)(=O)Nc2ncc(Cl)s2)cc1Cl. The molecule has 0 saturated carbocycles. The largest absolute Gasteiger partial charge is 0.384 e. The van der Waals surface area contributed by atoms with Gasteiger partial charge >= 0.3 is 0 Å². The van der Waals surface area contributed by atoms with Gasteiger partial charge in [-0.25, -0.2) is 17.8 Å². The fraction of sp³-hybridized carbons (Fsp3) is 0.471. The van der Waals surface area contributed by atoms with Crippen LogP contribution in [0.5, 0.6) is 0 Å². The highest BCUT2D eigenvalue weighted by Crippen LogP contribution is 2.30. The predicted molar refractivity (Wildman–Crippen MR) is 115 cm³/mol. The zero-order valence-electron chi connectivity index (χ0n) is 15.4. The molecule has 0 fully saturated rings. The molecule has 0 amide bonds. The molecule has 0 atom stereocenters. The average molecular weight is 469 g/mol. The minimum atomic E-state index is -4.16. The Kier molecular flexibility index (Phi) is 9.23. The van der Waals surface area contributed by atoms with Crippen LogP contribution in [0.15, 0.2) is 23.2 Å². The number of hydrogen-bond donors (Lipinski definition) is 3. The van der Waals surface area contributed by atoms with Gasteiger partial charge in [-0.1, -0.05) is 53.8 Å². The molecular weight excluding hydrogens is 446 g/mol. The van der Waals surface area contributed by atoms with Gasteiger partial charge in [-0.05, 0) is 38.6 Å². The van der Waals surface area contributed by atoms with Crippen molar-refractivity contribution in [1.82, 2.24) is 10.3 Å². The Labute approximate surface area is 178 Å². The summed E-state index contributed by atoms with van der Waals surface area (Å²) in [6.45, 7) is 1.65. The number of aromatic nitrogens is 1. The first-order chi connectivity index (χ1) is 13.3. The van der Waals surface area contributed by atoms with Gasteiger partial charge in [-0.15, -0.1) is 0 Å². The van der Waals surface area contributed by atoms with Crippen molar-refractivity contribution in [2.45, 2.75) is 37.0 Å². The van der Waals surface area contributed by atoms with E-state index in [1.807, 2.05) is 7.05 Å². The van der Waals surface area contributed by atoms with Crippen LogP contribution >= 0.6 is 34.5 Å². The first-order valence-corrected chi connectivity index (χ1v) is 11.9. The molecule has 0 radical (unpaired) electrons. The molecule has 6 nitrogen and oxygen atoms in total. The summed E-state index contributed by atoms with van der Waals surface area (Å²) in [7, 11) is -2.22. The predicted octanol–water partition coefficient (Wildman–Crippen LogP) is 4.97. The summed E-state index contributed by atoms with van der Waals surface area (Å²) < 4.78 is 41.7. The molecule has 1 heterocycles. The quantitative estimate of drug-likeness (QED) is 0.383. The molecule has 1 aromatic carbocycles. The Morgan fingerprint density at radius 2 is 1.79 bits per heavy atom. The number of thiazole rings is 1. The molecule has 0 aliphatic rings. The summed E-state index contributed by atoms with van der Waals surface area (Å²) in [5, 5.41) is 6.36. The summed E-state index contributed by atoms with van der Waals surface area (Å²) in [4.78, 5) is 3.26. The summed E-state index contributed by atoms with van der Waals surface area (Å²) >= 11 is 12.8. The monoisotopic (exact) mass is 468 g/mol. The molecule has 3 N–H and O–H groups in total. The van der Waals surface area contributed by atoms with E-state index >= 15 is 0 Å². The van der Waals surface area contributed by atoms with E-state index in [1.54, 1.807) is 0 Å². The standard InChI is InChI=1S/C17H23Cl2FN4O2S2/c1-21-7-5-3-2-4-6-8-22-14-10-13(20)15(9-12(14)18)28(25,26)24-17-23-11-16(19)27-17/h9-11,21-22H,2-8H2,1H3,(H,23,24). The average Bonchev–Trinajstić information content (AvgIpc) is 3.03. The Balaban J connectivity index is 1.92. The van der Waals surface area contributed by atoms with Crippen molar-refractivity contribution in [1.29, 1.82) is 0 Å². The van der Waals surface area contributed by atoms with Crippen LogP contribution < -0.4 is 15.4 Å². The lowest BCUT2D eigenvalue weighted by atomic mass is 10.1. The Hall–Kier alpha value is -1.13. The van der Waals surface area contributed by atoms with E-state index in [1.165, 1.54) is 12.6 Å². The van der Waals surface area contributed by atoms with Gasteiger partial charge in [0.05, 0.1) is 16.9 Å². The van der Waals surface area contributed by atoms with E-state index in [4.69, 9.17) is 23.2 Å². The van der Waals surface area contributed by atoms with E-state index in [0.717, 1.165) is 55.7 Å². The van der Waals surface area contributed by atoms with Gasteiger partial charge in [-0.3, -0.25) is 4.72 Å². The molecule has 0 aliphatic carbocycles. The van der Waals surface area contributed by atoms with Crippen molar-refractivity contribution in [3.05, 3.63) is 33.5 Å². The third kappa shape index (κ3) is 7.04. The minimum Gasteiger partial charge on any atom is -0.384 e. The van der Waals surface area contributed by atoms with E-state index in [2.05, 4.69) is 20.3 Å². The van der Waals surface area contributed by atoms with Crippen LogP contribution in [0, 0.1) is 5.82 Å². The second-order valence-corrected chi connectivity index (χ2v) is 9.86. The third-order valence-electron chi connectivity index (χ3n) is 3.93. The molecule has 28 heavy (non-hydrogen) atoms. The van der Waals surface area contributed by atoms with Crippen molar-refractivity contribution in [2.75, 3.05) is 30.2 Å². The molecule has 0 saturated heterocycles. The van der Waals surface area contributed by atoms with Crippen LogP contribution in [-0.4, -0.2) is 33.5 Å². The van der Waals surface area contributed by atoms with Crippen LogP contribution in [-0.2, 0) is 10.0 Å². The molecule has 1 aromatic heterocycles. The number of anilines is 2. The number of rotatable bonds is 12. The van der Waals surface area contributed by atoms with Crippen molar-refractivity contribution in [2.24, 2.45) is 0 Å². The Morgan fingerprint density at radius 1 is 1.11 bits per heavy atom. The first kappa shape index (κ1) is 23.2. The van der Waals surface area contributed by atoms with Crippen LogP contribution in [0.25, 0.3) is 0 Å². The van der Waals surface area contributed by atoms with Crippen molar-refractivity contribution >= 4 is 55.4 Å². The highest BCUT2D eigenvalue weighted by atomic mass is 35.5. The lowest BCUT2D eigenvalue weighted by molar-refractivity contribution is 0.570. The van der Waals surface area contributed by atoms with Gasteiger partial charge in [0.1, 0.15) is 15.0 Å². The van der Waals surface area contributed by atoms with Gasteiger partial charge in [0.2, 0.25) is 0 Å². The highest BCUT2D eigenvalue weighted by molar-refractivity contribution is 7.93. The van der Waals surface area contributed by atoms with Crippen LogP contribution in [0.4, 0.5) is 15.2 Å².